The molecule has 0 bridgehead atoms. The molecule has 0 atom stereocenters. The largest absolute Gasteiger partial charge is 0.326 e. The van der Waals surface area contributed by atoms with Gasteiger partial charge in [0.1, 0.15) is 10.5 Å². The van der Waals surface area contributed by atoms with Crippen molar-refractivity contribution >= 4 is 94.0 Å². The molecule has 0 saturated carbocycles. The predicted molar refractivity (Wildman–Crippen MR) is 135 cm³/mol. The quantitative estimate of drug-likeness (QED) is 0.321. The molecule has 2 heterocycles. The molecule has 2 aromatic carbocycles. The van der Waals surface area contributed by atoms with E-state index in [0.29, 0.717) is 44.0 Å². The van der Waals surface area contributed by atoms with E-state index in [1.165, 1.54) is 26.9 Å². The van der Waals surface area contributed by atoms with Crippen molar-refractivity contribution in [3.05, 3.63) is 56.2 Å². The molecule has 34 heavy (non-hydrogen) atoms. The van der Waals surface area contributed by atoms with Crippen molar-refractivity contribution in [3.8, 4) is 0 Å². The van der Waals surface area contributed by atoms with Crippen LogP contribution in [-0.4, -0.2) is 38.4 Å². The van der Waals surface area contributed by atoms with Gasteiger partial charge in [-0.15, -0.1) is 0 Å². The topological polar surface area (TPSA) is 119 Å². The summed E-state index contributed by atoms with van der Waals surface area (Å²) in [5.74, 6) is -1.20. The van der Waals surface area contributed by atoms with E-state index in [0.717, 1.165) is 0 Å². The van der Waals surface area contributed by atoms with Crippen molar-refractivity contribution in [2.75, 3.05) is 22.2 Å². The van der Waals surface area contributed by atoms with Crippen molar-refractivity contribution in [2.24, 2.45) is 0 Å². The number of benzene rings is 2. The van der Waals surface area contributed by atoms with Gasteiger partial charge in [0.05, 0.1) is 27.5 Å². The van der Waals surface area contributed by atoms with Crippen LogP contribution < -0.4 is 14.4 Å². The highest BCUT2D eigenvalue weighted by Gasteiger charge is 2.36. The highest BCUT2D eigenvalue weighted by Crippen LogP contribution is 2.46. The summed E-state index contributed by atoms with van der Waals surface area (Å²) in [6, 6.07) is 7.99. The van der Waals surface area contributed by atoms with Gasteiger partial charge in [-0.25, -0.2) is 0 Å². The van der Waals surface area contributed by atoms with Crippen LogP contribution in [0.15, 0.2) is 36.2 Å². The number of hydrogen-bond donors (Lipinski definition) is 2. The Hall–Kier alpha value is -1.64. The van der Waals surface area contributed by atoms with Gasteiger partial charge in [0.25, 0.3) is 21.0 Å². The smallest absolute Gasteiger partial charge is 0.326 e. The van der Waals surface area contributed by atoms with Crippen LogP contribution in [0.4, 0.5) is 11.4 Å². The average Bonchev–Trinajstić information content (AvgIpc) is 3.15. The molecular formula is C19H17Cl3N3O6S3+. The predicted octanol–water partition coefficient (Wildman–Crippen LogP) is 4.48. The number of hydrogen-bond acceptors (Lipinski definition) is 7. The van der Waals surface area contributed by atoms with Gasteiger partial charge >= 0.3 is 10.1 Å². The zero-order chi connectivity index (χ0) is 25.0. The summed E-state index contributed by atoms with van der Waals surface area (Å²) < 4.78 is 68.5. The van der Waals surface area contributed by atoms with E-state index < -0.39 is 32.0 Å². The summed E-state index contributed by atoms with van der Waals surface area (Å²) in [6.07, 6.45) is 1.57. The number of thiazole rings is 1. The molecule has 0 fully saturated rings. The number of anilines is 2. The SMILES string of the molecule is CCN1C(=Cc2sc3ccc(Cl)cc3[n+]2CS(=O)(=O)O)N(CS(=O)(=O)O)c2cc(Cl)c(Cl)cc21. The van der Waals surface area contributed by atoms with Gasteiger partial charge in [-0.1, -0.05) is 46.1 Å². The first-order valence-electron chi connectivity index (χ1n) is 9.55. The van der Waals surface area contributed by atoms with Crippen molar-refractivity contribution < 1.29 is 30.5 Å². The van der Waals surface area contributed by atoms with Gasteiger partial charge in [0.15, 0.2) is 5.88 Å². The number of nitrogens with zero attached hydrogens (tertiary/aromatic N) is 3. The van der Waals surface area contributed by atoms with Crippen molar-refractivity contribution in [1.82, 2.24) is 0 Å². The fourth-order valence-electron chi connectivity index (χ4n) is 3.73. The summed E-state index contributed by atoms with van der Waals surface area (Å²) >= 11 is 19.7. The van der Waals surface area contributed by atoms with Crippen LogP contribution in [0.5, 0.6) is 0 Å². The van der Waals surface area contributed by atoms with E-state index in [4.69, 9.17) is 34.8 Å². The summed E-state index contributed by atoms with van der Waals surface area (Å²) in [4.78, 5) is 3.09. The Balaban J connectivity index is 1.98. The third-order valence-electron chi connectivity index (χ3n) is 5.00. The monoisotopic (exact) mass is 584 g/mol. The van der Waals surface area contributed by atoms with E-state index in [1.54, 1.807) is 35.2 Å². The molecule has 0 spiro atoms. The summed E-state index contributed by atoms with van der Waals surface area (Å²) in [6.45, 7) is 2.21. The molecule has 1 aliphatic heterocycles. The molecule has 1 aromatic heterocycles. The Kier molecular flexibility index (Phi) is 6.81. The second-order valence-electron chi connectivity index (χ2n) is 7.33. The summed E-state index contributed by atoms with van der Waals surface area (Å²) in [5.41, 5.74) is 1.41. The molecule has 1 aliphatic rings. The van der Waals surface area contributed by atoms with E-state index in [2.05, 4.69) is 0 Å². The second-order valence-corrected chi connectivity index (χ2v) is 12.5. The molecule has 0 radical (unpaired) electrons. The van der Waals surface area contributed by atoms with E-state index in [1.807, 2.05) is 6.92 Å². The molecule has 3 aromatic rings. The van der Waals surface area contributed by atoms with E-state index in [-0.39, 0.29) is 10.0 Å². The first kappa shape index (κ1) is 25.5. The molecule has 182 valence electrons. The maximum Gasteiger partial charge on any atom is 0.326 e. The van der Waals surface area contributed by atoms with Crippen LogP contribution in [0.2, 0.25) is 15.1 Å². The first-order valence-corrected chi connectivity index (χ1v) is 14.7. The molecule has 0 unspecified atom stereocenters. The lowest BCUT2D eigenvalue weighted by molar-refractivity contribution is -0.649. The summed E-state index contributed by atoms with van der Waals surface area (Å²) in [5, 5.41) is 1.20. The number of halogens is 3. The Morgan fingerprint density at radius 1 is 0.971 bits per heavy atom. The molecular weight excluding hydrogens is 569 g/mol. The average molecular weight is 586 g/mol. The zero-order valence-electron chi connectivity index (χ0n) is 17.3. The molecule has 4 rings (SSSR count). The third kappa shape index (κ3) is 5.14. The van der Waals surface area contributed by atoms with Crippen molar-refractivity contribution in [2.45, 2.75) is 12.8 Å². The molecule has 15 heteroatoms. The second kappa shape index (κ2) is 9.10. The summed E-state index contributed by atoms with van der Waals surface area (Å²) in [7, 11) is -8.91. The lowest BCUT2D eigenvalue weighted by Gasteiger charge is -2.22. The normalized spacial score (nSPS) is 15.5. The van der Waals surface area contributed by atoms with Crippen molar-refractivity contribution in [1.29, 1.82) is 0 Å². The van der Waals surface area contributed by atoms with Crippen LogP contribution in [0.1, 0.15) is 11.9 Å². The van der Waals surface area contributed by atoms with Gasteiger partial charge < -0.3 is 9.80 Å². The first-order chi connectivity index (χ1) is 15.8. The zero-order valence-corrected chi connectivity index (χ0v) is 22.0. The standard InChI is InChI=1S/C19H16Cl3N3O6S3/c1-2-23-14-6-12(21)13(22)7-15(14)24(9-33(26,27)28)18(23)8-19-25(10-34(29,30)31)16-5-11(20)3-4-17(16)32-19/h3-8H,2,9-10H2,1H3,(H-,26,27,28,29,30,31)/p+1. The van der Waals surface area contributed by atoms with Crippen LogP contribution in [0.3, 0.4) is 0 Å². The van der Waals surface area contributed by atoms with E-state index >= 15 is 0 Å². The third-order valence-corrected chi connectivity index (χ3v) is 8.24. The lowest BCUT2D eigenvalue weighted by atomic mass is 10.2. The Morgan fingerprint density at radius 3 is 2.15 bits per heavy atom. The highest BCUT2D eigenvalue weighted by atomic mass is 35.5. The minimum Gasteiger partial charge on any atom is -0.326 e. The maximum absolute atomic E-state index is 11.9. The van der Waals surface area contributed by atoms with Gasteiger partial charge in [0.2, 0.25) is 5.52 Å². The number of fused-ring (bicyclic) bond motifs is 2. The number of rotatable bonds is 6. The van der Waals surface area contributed by atoms with Gasteiger partial charge in [0, 0.05) is 17.6 Å². The maximum atomic E-state index is 11.9. The molecule has 0 amide bonds. The molecule has 0 aliphatic carbocycles. The van der Waals surface area contributed by atoms with Gasteiger partial charge in [-0.3, -0.25) is 9.11 Å². The van der Waals surface area contributed by atoms with Gasteiger partial charge in [-0.2, -0.15) is 21.4 Å². The fourth-order valence-corrected chi connectivity index (χ4v) is 6.56. The van der Waals surface area contributed by atoms with Crippen LogP contribution in [-0.2, 0) is 26.1 Å². The lowest BCUT2D eigenvalue weighted by Crippen LogP contribution is -2.40. The Labute approximate surface area is 214 Å². The van der Waals surface area contributed by atoms with Crippen molar-refractivity contribution in [3.63, 3.8) is 0 Å². The minimum absolute atomic E-state index is 0.191. The van der Waals surface area contributed by atoms with E-state index in [9.17, 15) is 25.9 Å². The Morgan fingerprint density at radius 2 is 1.59 bits per heavy atom. The molecule has 0 saturated heterocycles. The Bertz CT molecular complexity index is 1550. The number of aromatic nitrogens is 1. The minimum atomic E-state index is -4.47. The molecule has 9 nitrogen and oxygen atoms in total. The van der Waals surface area contributed by atoms with Crippen LogP contribution in [0, 0.1) is 0 Å². The van der Waals surface area contributed by atoms with Crippen LogP contribution in [0.25, 0.3) is 16.3 Å². The highest BCUT2D eigenvalue weighted by molar-refractivity contribution is 7.85. The fraction of sp³-hybridized carbons (Fsp3) is 0.211. The molecule has 2 N–H and O–H groups in total. The van der Waals surface area contributed by atoms with Gasteiger partial charge in [-0.05, 0) is 31.2 Å². The van der Waals surface area contributed by atoms with Crippen LogP contribution >= 0.6 is 46.1 Å².